The lowest BCUT2D eigenvalue weighted by Gasteiger charge is -2.24. The second-order valence-corrected chi connectivity index (χ2v) is 8.59. The van der Waals surface area contributed by atoms with Gasteiger partial charge in [-0.25, -0.2) is 9.59 Å². The van der Waals surface area contributed by atoms with Gasteiger partial charge in [0.1, 0.15) is 12.4 Å². The Morgan fingerprint density at radius 1 is 1.06 bits per heavy atom. The van der Waals surface area contributed by atoms with Crippen LogP contribution in [0.15, 0.2) is 54.6 Å². The van der Waals surface area contributed by atoms with Crippen molar-refractivity contribution in [1.82, 2.24) is 0 Å². The molecule has 0 radical (unpaired) electrons. The molecule has 2 aliphatic rings. The average Bonchev–Trinajstić information content (AvgIpc) is 3.41. The van der Waals surface area contributed by atoms with Gasteiger partial charge in [0, 0.05) is 11.1 Å². The Labute approximate surface area is 180 Å². The molecule has 0 amide bonds. The molecule has 2 saturated heterocycles. The third kappa shape index (κ3) is 3.24. The van der Waals surface area contributed by atoms with E-state index in [0.717, 1.165) is 5.56 Å². The van der Waals surface area contributed by atoms with E-state index in [0.29, 0.717) is 11.4 Å². The number of cyclic esters (lactones) is 1. The highest BCUT2D eigenvalue weighted by atomic mass is 16.6. The van der Waals surface area contributed by atoms with E-state index in [1.807, 2.05) is 30.3 Å². The van der Waals surface area contributed by atoms with Crippen LogP contribution in [0.1, 0.15) is 32.4 Å². The maximum absolute atomic E-state index is 13.5. The minimum absolute atomic E-state index is 0.154. The molecule has 2 unspecified atom stereocenters. The van der Waals surface area contributed by atoms with E-state index in [4.69, 9.17) is 14.2 Å². The first kappa shape index (κ1) is 20.9. The Kier molecular flexibility index (Phi) is 5.00. The van der Waals surface area contributed by atoms with Gasteiger partial charge in [0.05, 0.1) is 13.2 Å². The first-order chi connectivity index (χ1) is 14.7. The summed E-state index contributed by atoms with van der Waals surface area (Å²) in [6.45, 7) is 5.11. The number of benzene rings is 2. The summed E-state index contributed by atoms with van der Waals surface area (Å²) >= 11 is 0. The van der Waals surface area contributed by atoms with Crippen LogP contribution in [0.5, 0.6) is 5.75 Å². The second kappa shape index (κ2) is 7.41. The fraction of sp³-hybridized carbons (Fsp3) is 0.375. The number of anilines is 1. The molecular weight excluding hydrogens is 398 g/mol. The maximum atomic E-state index is 13.5. The molecule has 31 heavy (non-hydrogen) atoms. The molecule has 162 valence electrons. The highest BCUT2D eigenvalue weighted by Crippen LogP contribution is 2.57. The minimum atomic E-state index is -1.56. The number of nitrogens with zero attached hydrogens (tertiary/aromatic N) is 1. The summed E-state index contributed by atoms with van der Waals surface area (Å²) in [4.78, 5) is 40.5. The summed E-state index contributed by atoms with van der Waals surface area (Å²) in [6, 6.07) is 15.9. The molecule has 3 atom stereocenters. The molecule has 2 heterocycles. The van der Waals surface area contributed by atoms with Crippen LogP contribution >= 0.6 is 0 Å². The van der Waals surface area contributed by atoms with E-state index in [9.17, 15) is 14.4 Å². The summed E-state index contributed by atoms with van der Waals surface area (Å²) < 4.78 is 16.0. The van der Waals surface area contributed by atoms with Crippen LogP contribution in [-0.4, -0.2) is 43.1 Å². The summed E-state index contributed by atoms with van der Waals surface area (Å²) in [5.74, 6) is -1.04. The smallest absolute Gasteiger partial charge is 0.348 e. The number of methoxy groups -OCH3 is 1. The molecule has 7 heteroatoms. The normalized spacial score (nSPS) is 26.2. The van der Waals surface area contributed by atoms with Crippen LogP contribution < -0.4 is 9.64 Å². The molecule has 0 spiro atoms. The molecule has 0 aromatic heterocycles. The number of hydrogen-bond donors (Lipinski definition) is 0. The van der Waals surface area contributed by atoms with Crippen molar-refractivity contribution in [3.63, 3.8) is 0 Å². The largest absolute Gasteiger partial charge is 0.497 e. The summed E-state index contributed by atoms with van der Waals surface area (Å²) in [7, 11) is 1.57. The van der Waals surface area contributed by atoms with Crippen molar-refractivity contribution in [2.45, 2.75) is 38.5 Å². The van der Waals surface area contributed by atoms with E-state index in [1.165, 1.54) is 6.92 Å². The molecule has 0 saturated carbocycles. The van der Waals surface area contributed by atoms with Crippen LogP contribution in [-0.2, 0) is 23.9 Å². The maximum Gasteiger partial charge on any atom is 0.348 e. The Bertz CT molecular complexity index is 1020. The highest BCUT2D eigenvalue weighted by molar-refractivity contribution is 6.18. The van der Waals surface area contributed by atoms with Gasteiger partial charge in [-0.1, -0.05) is 44.2 Å². The monoisotopic (exact) mass is 423 g/mol. The zero-order chi connectivity index (χ0) is 22.4. The van der Waals surface area contributed by atoms with Gasteiger partial charge >= 0.3 is 11.9 Å². The summed E-state index contributed by atoms with van der Waals surface area (Å²) in [5.41, 5.74) is -0.754. The van der Waals surface area contributed by atoms with Crippen LogP contribution in [0.25, 0.3) is 0 Å². The number of carbonyl (C=O) groups excluding carboxylic acids is 3. The van der Waals surface area contributed by atoms with E-state index in [-0.39, 0.29) is 12.4 Å². The Morgan fingerprint density at radius 2 is 1.71 bits per heavy atom. The fourth-order valence-corrected chi connectivity index (χ4v) is 4.26. The second-order valence-electron chi connectivity index (χ2n) is 8.59. The molecule has 2 fully saturated rings. The van der Waals surface area contributed by atoms with Crippen molar-refractivity contribution < 1.29 is 28.6 Å². The number of carbonyl (C=O) groups is 3. The molecule has 2 aliphatic heterocycles. The number of hydrogen-bond acceptors (Lipinski definition) is 7. The van der Waals surface area contributed by atoms with Gasteiger partial charge in [0.25, 0.3) is 0 Å². The molecule has 4 rings (SSSR count). The highest BCUT2D eigenvalue weighted by Gasteiger charge is 2.74. The van der Waals surface area contributed by atoms with Crippen molar-refractivity contribution in [3.05, 3.63) is 60.2 Å². The van der Waals surface area contributed by atoms with Gasteiger partial charge in [-0.3, -0.25) is 4.79 Å². The van der Waals surface area contributed by atoms with E-state index in [2.05, 4.69) is 0 Å². The predicted molar refractivity (Wildman–Crippen MR) is 113 cm³/mol. The van der Waals surface area contributed by atoms with E-state index < -0.39 is 35.0 Å². The minimum Gasteiger partial charge on any atom is -0.497 e. The number of ketones is 1. The van der Waals surface area contributed by atoms with Gasteiger partial charge < -0.3 is 19.1 Å². The van der Waals surface area contributed by atoms with Gasteiger partial charge in [0.15, 0.2) is 5.78 Å². The van der Waals surface area contributed by atoms with Crippen LogP contribution in [0.2, 0.25) is 0 Å². The molecule has 2 aromatic rings. The van der Waals surface area contributed by atoms with Gasteiger partial charge in [-0.15, -0.1) is 0 Å². The van der Waals surface area contributed by atoms with Crippen LogP contribution in [0, 0.1) is 5.41 Å². The fourth-order valence-electron chi connectivity index (χ4n) is 4.26. The Hall–Kier alpha value is -3.35. The van der Waals surface area contributed by atoms with E-state index >= 15 is 0 Å². The molecule has 7 nitrogen and oxygen atoms in total. The average molecular weight is 423 g/mol. The summed E-state index contributed by atoms with van der Waals surface area (Å²) in [5, 5.41) is 0. The first-order valence-corrected chi connectivity index (χ1v) is 10.1. The molecule has 0 aliphatic carbocycles. The van der Waals surface area contributed by atoms with Gasteiger partial charge in [-0.05, 0) is 36.8 Å². The zero-order valence-corrected chi connectivity index (χ0v) is 18.0. The number of esters is 2. The lowest BCUT2D eigenvalue weighted by atomic mass is 9.89. The molecule has 0 bridgehead atoms. The third-order valence-corrected chi connectivity index (χ3v) is 6.02. The molecular formula is C24H25NO6. The van der Waals surface area contributed by atoms with Crippen LogP contribution in [0.3, 0.4) is 0 Å². The predicted octanol–water partition coefficient (Wildman–Crippen LogP) is 3.08. The Morgan fingerprint density at radius 3 is 2.23 bits per heavy atom. The Balaban J connectivity index is 1.75. The van der Waals surface area contributed by atoms with Crippen molar-refractivity contribution in [3.8, 4) is 5.75 Å². The standard InChI is InChI=1S/C24H25NO6/c1-15(26)24(22(28)31-20-21(27)30-14-23(20,2)3)19(16-8-6-5-7-9-16)25(24)17-10-12-18(29-4)13-11-17/h5-13,19-20H,14H2,1-4H3/t19?,20-,24?,25?/m0/s1. The molecule has 2 aromatic carbocycles. The van der Waals surface area contributed by atoms with Crippen molar-refractivity contribution in [2.24, 2.45) is 5.41 Å². The van der Waals surface area contributed by atoms with Crippen LogP contribution in [0.4, 0.5) is 5.69 Å². The van der Waals surface area contributed by atoms with Crippen molar-refractivity contribution >= 4 is 23.4 Å². The zero-order valence-electron chi connectivity index (χ0n) is 18.0. The van der Waals surface area contributed by atoms with Gasteiger partial charge in [0.2, 0.25) is 11.6 Å². The van der Waals surface area contributed by atoms with Crippen molar-refractivity contribution in [2.75, 3.05) is 18.6 Å². The quantitative estimate of drug-likeness (QED) is 0.401. The number of Topliss-reactive ketones (excluding diaryl/α,β-unsaturated/α-hetero) is 1. The lowest BCUT2D eigenvalue weighted by Crippen LogP contribution is -2.44. The van der Waals surface area contributed by atoms with Crippen molar-refractivity contribution in [1.29, 1.82) is 0 Å². The SMILES string of the molecule is COc1ccc(N2C(c3ccccc3)C2(C(C)=O)C(=O)O[C@H]2C(=O)OCC2(C)C)cc1. The first-order valence-electron chi connectivity index (χ1n) is 10.1. The van der Waals surface area contributed by atoms with E-state index in [1.54, 1.807) is 50.1 Å². The number of ether oxygens (including phenoxy) is 3. The lowest BCUT2D eigenvalue weighted by molar-refractivity contribution is -0.166. The number of rotatable bonds is 6. The topological polar surface area (TPSA) is 81.9 Å². The third-order valence-electron chi connectivity index (χ3n) is 6.02. The molecule has 0 N–H and O–H groups in total. The van der Waals surface area contributed by atoms with Gasteiger partial charge in [-0.2, -0.15) is 0 Å². The summed E-state index contributed by atoms with van der Waals surface area (Å²) in [6.07, 6.45) is -1.06.